The van der Waals surface area contributed by atoms with E-state index in [1.807, 2.05) is 18.2 Å². The van der Waals surface area contributed by atoms with Crippen LogP contribution in [0.4, 0.5) is 17.2 Å². The Morgan fingerprint density at radius 3 is 3.11 bits per heavy atom. The maximum Gasteiger partial charge on any atom is 0.228 e. The van der Waals surface area contributed by atoms with Gasteiger partial charge in [-0.1, -0.05) is 0 Å². The minimum absolute atomic E-state index is 0.0327. The molecular weight excluding hydrogens is 296 g/mol. The fraction of sp³-hybridized carbons (Fsp3) is 0.0833. The van der Waals surface area contributed by atoms with E-state index in [4.69, 9.17) is 0 Å². The summed E-state index contributed by atoms with van der Waals surface area (Å²) < 4.78 is 0.791. The molecule has 1 aliphatic heterocycles. The molecule has 0 saturated carbocycles. The van der Waals surface area contributed by atoms with Crippen molar-refractivity contribution in [3.05, 3.63) is 40.8 Å². The van der Waals surface area contributed by atoms with E-state index in [2.05, 4.69) is 36.5 Å². The molecule has 1 aromatic carbocycles. The number of amides is 1. The largest absolute Gasteiger partial charge is 0.339 e. The minimum Gasteiger partial charge on any atom is -0.339 e. The summed E-state index contributed by atoms with van der Waals surface area (Å²) in [4.78, 5) is 19.3. The molecule has 0 bridgehead atoms. The van der Waals surface area contributed by atoms with Gasteiger partial charge in [0.2, 0.25) is 5.91 Å². The molecule has 0 fully saturated rings. The number of hydrogen-bond donors (Lipinski definition) is 2. The molecule has 2 heterocycles. The summed E-state index contributed by atoms with van der Waals surface area (Å²) in [6, 6.07) is 5.73. The predicted octanol–water partition coefficient (Wildman–Crippen LogP) is 2.48. The average molecular weight is 305 g/mol. The summed E-state index contributed by atoms with van der Waals surface area (Å²) in [5.41, 5.74) is 2.77. The number of carbonyl (C=O) groups is 1. The maximum atomic E-state index is 11.3. The number of benzene rings is 1. The zero-order valence-corrected chi connectivity index (χ0v) is 10.9. The van der Waals surface area contributed by atoms with Gasteiger partial charge in [-0.2, -0.15) is 0 Å². The molecule has 0 aliphatic carbocycles. The third-order valence-electron chi connectivity index (χ3n) is 2.66. The highest BCUT2D eigenvalue weighted by Gasteiger charge is 2.17. The van der Waals surface area contributed by atoms with Crippen molar-refractivity contribution in [1.29, 1.82) is 0 Å². The molecule has 1 aliphatic rings. The molecule has 0 saturated heterocycles. The van der Waals surface area contributed by atoms with Crippen molar-refractivity contribution in [2.24, 2.45) is 0 Å². The van der Waals surface area contributed by atoms with Crippen LogP contribution in [0.2, 0.25) is 0 Å². The van der Waals surface area contributed by atoms with Crippen molar-refractivity contribution in [3.63, 3.8) is 0 Å². The van der Waals surface area contributed by atoms with Crippen LogP contribution in [0.1, 0.15) is 5.56 Å². The highest BCUT2D eigenvalue weighted by Crippen LogP contribution is 2.28. The van der Waals surface area contributed by atoms with E-state index < -0.39 is 0 Å². The predicted molar refractivity (Wildman–Crippen MR) is 71.8 cm³/mol. The van der Waals surface area contributed by atoms with Crippen molar-refractivity contribution >= 4 is 39.0 Å². The monoisotopic (exact) mass is 304 g/mol. The van der Waals surface area contributed by atoms with Gasteiger partial charge in [0.15, 0.2) is 0 Å². The molecule has 0 atom stereocenters. The van der Waals surface area contributed by atoms with E-state index in [1.54, 1.807) is 6.20 Å². The quantitative estimate of drug-likeness (QED) is 0.894. The van der Waals surface area contributed by atoms with Gasteiger partial charge in [0.05, 0.1) is 10.9 Å². The fourth-order valence-electron chi connectivity index (χ4n) is 1.85. The number of nitrogens with zero attached hydrogens (tertiary/aromatic N) is 2. The first-order chi connectivity index (χ1) is 8.72. The Labute approximate surface area is 112 Å². The number of anilines is 3. The van der Waals surface area contributed by atoms with Gasteiger partial charge in [-0.3, -0.25) is 4.79 Å². The zero-order valence-electron chi connectivity index (χ0n) is 9.27. The highest BCUT2D eigenvalue weighted by atomic mass is 79.9. The van der Waals surface area contributed by atoms with Crippen molar-refractivity contribution in [1.82, 2.24) is 9.97 Å². The smallest absolute Gasteiger partial charge is 0.228 e. The molecule has 18 heavy (non-hydrogen) atoms. The molecular formula is C12H9BrN4O. The molecule has 2 N–H and O–H groups in total. The van der Waals surface area contributed by atoms with Gasteiger partial charge in [0.1, 0.15) is 12.1 Å². The van der Waals surface area contributed by atoms with E-state index >= 15 is 0 Å². The first-order valence-corrected chi connectivity index (χ1v) is 6.17. The van der Waals surface area contributed by atoms with Gasteiger partial charge < -0.3 is 10.6 Å². The van der Waals surface area contributed by atoms with Gasteiger partial charge in [-0.25, -0.2) is 9.97 Å². The Morgan fingerprint density at radius 2 is 2.28 bits per heavy atom. The summed E-state index contributed by atoms with van der Waals surface area (Å²) in [5.74, 6) is 0.729. The van der Waals surface area contributed by atoms with Crippen LogP contribution in [-0.2, 0) is 11.2 Å². The van der Waals surface area contributed by atoms with Gasteiger partial charge >= 0.3 is 0 Å². The number of aromatic nitrogens is 2. The van der Waals surface area contributed by atoms with Crippen LogP contribution in [0.5, 0.6) is 0 Å². The normalized spacial score (nSPS) is 13.1. The van der Waals surface area contributed by atoms with E-state index in [1.165, 1.54) is 6.33 Å². The van der Waals surface area contributed by atoms with Crippen molar-refractivity contribution in [3.8, 4) is 0 Å². The second kappa shape index (κ2) is 4.38. The van der Waals surface area contributed by atoms with Crippen molar-refractivity contribution in [2.75, 3.05) is 10.6 Å². The van der Waals surface area contributed by atoms with E-state index in [0.29, 0.717) is 12.2 Å². The molecule has 90 valence electrons. The van der Waals surface area contributed by atoms with Gasteiger partial charge in [0, 0.05) is 17.6 Å². The van der Waals surface area contributed by atoms with E-state index in [0.717, 1.165) is 21.4 Å². The Hall–Kier alpha value is -1.95. The van der Waals surface area contributed by atoms with Crippen LogP contribution < -0.4 is 10.6 Å². The summed E-state index contributed by atoms with van der Waals surface area (Å²) >= 11 is 3.37. The van der Waals surface area contributed by atoms with Gasteiger partial charge in [-0.05, 0) is 39.7 Å². The van der Waals surface area contributed by atoms with E-state index in [-0.39, 0.29) is 5.91 Å². The maximum absolute atomic E-state index is 11.3. The van der Waals surface area contributed by atoms with E-state index in [9.17, 15) is 4.79 Å². The number of nitrogens with one attached hydrogen (secondary N) is 2. The molecule has 0 unspecified atom stereocenters. The molecule has 1 aromatic heterocycles. The Balaban J connectivity index is 1.89. The van der Waals surface area contributed by atoms with Crippen LogP contribution in [0, 0.1) is 0 Å². The second-order valence-electron chi connectivity index (χ2n) is 3.94. The van der Waals surface area contributed by atoms with Crippen LogP contribution >= 0.6 is 15.9 Å². The second-order valence-corrected chi connectivity index (χ2v) is 4.80. The van der Waals surface area contributed by atoms with Gasteiger partial charge in [-0.15, -0.1) is 0 Å². The van der Waals surface area contributed by atoms with Crippen molar-refractivity contribution in [2.45, 2.75) is 6.42 Å². The number of carbonyl (C=O) groups excluding carboxylic acids is 1. The zero-order chi connectivity index (χ0) is 12.5. The summed E-state index contributed by atoms with van der Waals surface area (Å²) in [6.07, 6.45) is 3.58. The molecule has 2 aromatic rings. The SMILES string of the molecule is O=C1Cc2cc(Nc3ncncc3Br)ccc2N1. The van der Waals surface area contributed by atoms with Crippen LogP contribution in [0.3, 0.4) is 0 Å². The number of halogens is 1. The highest BCUT2D eigenvalue weighted by molar-refractivity contribution is 9.10. The average Bonchev–Trinajstić information content (AvgIpc) is 2.71. The molecule has 0 radical (unpaired) electrons. The molecule has 3 rings (SSSR count). The summed E-state index contributed by atoms with van der Waals surface area (Å²) in [5, 5.41) is 5.98. The standard InChI is InChI=1S/C12H9BrN4O/c13-9-5-14-6-15-12(9)16-8-1-2-10-7(3-8)4-11(18)17-10/h1-3,5-6H,4H2,(H,17,18)(H,14,15,16). The summed E-state index contributed by atoms with van der Waals surface area (Å²) in [7, 11) is 0. The molecule has 1 amide bonds. The van der Waals surface area contributed by atoms with Crippen LogP contribution in [0.25, 0.3) is 0 Å². The van der Waals surface area contributed by atoms with Gasteiger partial charge in [0.25, 0.3) is 0 Å². The first-order valence-electron chi connectivity index (χ1n) is 5.38. The lowest BCUT2D eigenvalue weighted by Gasteiger charge is -2.08. The lowest BCUT2D eigenvalue weighted by atomic mass is 10.1. The lowest BCUT2D eigenvalue weighted by molar-refractivity contribution is -0.115. The Kier molecular flexibility index (Phi) is 2.71. The minimum atomic E-state index is 0.0327. The third-order valence-corrected chi connectivity index (χ3v) is 3.24. The number of hydrogen-bond acceptors (Lipinski definition) is 4. The van der Waals surface area contributed by atoms with Crippen LogP contribution in [0.15, 0.2) is 35.2 Å². The fourth-order valence-corrected chi connectivity index (χ4v) is 2.17. The summed E-state index contributed by atoms with van der Waals surface area (Å²) in [6.45, 7) is 0. The van der Waals surface area contributed by atoms with Crippen molar-refractivity contribution < 1.29 is 4.79 Å². The third kappa shape index (κ3) is 2.06. The Bertz CT molecular complexity index is 629. The topological polar surface area (TPSA) is 66.9 Å². The molecule has 6 heteroatoms. The van der Waals surface area contributed by atoms with Crippen LogP contribution in [-0.4, -0.2) is 15.9 Å². The lowest BCUT2D eigenvalue weighted by Crippen LogP contribution is -2.03. The number of fused-ring (bicyclic) bond motifs is 1. The molecule has 0 spiro atoms. The first kappa shape index (κ1) is 11.2. The molecule has 5 nitrogen and oxygen atoms in total. The Morgan fingerprint density at radius 1 is 1.39 bits per heavy atom. The number of rotatable bonds is 2.